The first-order valence-electron chi connectivity index (χ1n) is 8.34. The highest BCUT2D eigenvalue weighted by Gasteiger charge is 2.24. The van der Waals surface area contributed by atoms with Crippen molar-refractivity contribution in [1.29, 1.82) is 0 Å². The van der Waals surface area contributed by atoms with Gasteiger partial charge in [-0.2, -0.15) is 0 Å². The molecule has 142 valence electrons. The molecule has 3 amide bonds. The van der Waals surface area contributed by atoms with Crippen LogP contribution in [0.3, 0.4) is 0 Å². The van der Waals surface area contributed by atoms with Crippen LogP contribution in [-0.2, 0) is 0 Å². The third-order valence-corrected chi connectivity index (χ3v) is 4.51. The molecule has 3 aromatic rings. The molecule has 1 saturated heterocycles. The van der Waals surface area contributed by atoms with E-state index in [4.69, 9.17) is 11.6 Å². The molecule has 2 heterocycles. The molecular formula is C18H14ClN5O4. The van der Waals surface area contributed by atoms with E-state index in [0.29, 0.717) is 40.6 Å². The number of carbonyl (C=O) groups is 2. The molecule has 0 saturated carbocycles. The molecule has 0 atom stereocenters. The molecule has 2 aromatic carbocycles. The molecule has 3 N–H and O–H groups in total. The number of carbonyl (C=O) groups excluding carboxylic acids is 2. The fourth-order valence-electron chi connectivity index (χ4n) is 2.86. The number of aromatic amines is 1. The zero-order chi connectivity index (χ0) is 19.7. The number of nitrogens with one attached hydrogen (secondary N) is 3. The monoisotopic (exact) mass is 399 g/mol. The number of rotatable bonds is 4. The summed E-state index contributed by atoms with van der Waals surface area (Å²) in [6.45, 7) is 0.990. The Morgan fingerprint density at radius 3 is 2.79 bits per heavy atom. The standard InChI is InChI=1S/C18H14ClN5O4/c19-13-5-4-11(9-14(13)24-7-6-20-17(24)26)16(25)21-12-3-1-2-10(8-12)15-22-18(27)28-23-15/h1-5,8-9H,6-7H2,(H,20,26)(H,21,25)(H,22,23,27). The lowest BCUT2D eigenvalue weighted by Crippen LogP contribution is -2.28. The summed E-state index contributed by atoms with van der Waals surface area (Å²) in [6.07, 6.45) is 0. The van der Waals surface area contributed by atoms with Crippen molar-refractivity contribution in [1.82, 2.24) is 15.5 Å². The molecule has 10 heteroatoms. The zero-order valence-corrected chi connectivity index (χ0v) is 15.1. The molecule has 1 aliphatic heterocycles. The highest BCUT2D eigenvalue weighted by molar-refractivity contribution is 6.34. The summed E-state index contributed by atoms with van der Waals surface area (Å²) >= 11 is 6.20. The number of H-pyrrole nitrogens is 1. The number of amides is 3. The highest BCUT2D eigenvalue weighted by atomic mass is 35.5. The Labute approximate surface area is 163 Å². The van der Waals surface area contributed by atoms with E-state index in [-0.39, 0.29) is 17.8 Å². The van der Waals surface area contributed by atoms with Crippen LogP contribution in [0.25, 0.3) is 11.4 Å². The van der Waals surface area contributed by atoms with Crippen molar-refractivity contribution in [3.05, 3.63) is 63.6 Å². The highest BCUT2D eigenvalue weighted by Crippen LogP contribution is 2.28. The molecule has 0 aliphatic carbocycles. The Balaban J connectivity index is 1.57. The second kappa shape index (κ2) is 7.20. The van der Waals surface area contributed by atoms with E-state index < -0.39 is 5.76 Å². The van der Waals surface area contributed by atoms with E-state index >= 15 is 0 Å². The van der Waals surface area contributed by atoms with Crippen molar-refractivity contribution in [2.45, 2.75) is 0 Å². The fraction of sp³-hybridized carbons (Fsp3) is 0.111. The Morgan fingerprint density at radius 2 is 2.07 bits per heavy atom. The normalized spacial score (nSPS) is 13.5. The number of anilines is 2. The lowest BCUT2D eigenvalue weighted by molar-refractivity contribution is 0.102. The van der Waals surface area contributed by atoms with E-state index in [0.717, 1.165) is 0 Å². The van der Waals surface area contributed by atoms with Gasteiger partial charge >= 0.3 is 11.8 Å². The molecule has 1 aliphatic rings. The van der Waals surface area contributed by atoms with Gasteiger partial charge < -0.3 is 10.6 Å². The molecular weight excluding hydrogens is 386 g/mol. The van der Waals surface area contributed by atoms with Crippen LogP contribution in [-0.4, -0.2) is 35.2 Å². The van der Waals surface area contributed by atoms with E-state index in [1.54, 1.807) is 42.5 Å². The zero-order valence-electron chi connectivity index (χ0n) is 14.4. The van der Waals surface area contributed by atoms with Gasteiger partial charge in [0, 0.05) is 29.9 Å². The molecule has 1 aromatic heterocycles. The van der Waals surface area contributed by atoms with Gasteiger partial charge in [-0.3, -0.25) is 19.2 Å². The Bertz CT molecular complexity index is 1120. The number of hydrogen-bond donors (Lipinski definition) is 3. The minimum Gasteiger partial charge on any atom is -0.336 e. The summed E-state index contributed by atoms with van der Waals surface area (Å²) in [6, 6.07) is 11.2. The summed E-state index contributed by atoms with van der Waals surface area (Å²) in [5, 5.41) is 9.47. The second-order valence-corrected chi connectivity index (χ2v) is 6.44. The predicted molar refractivity (Wildman–Crippen MR) is 103 cm³/mol. The van der Waals surface area contributed by atoms with Crippen LogP contribution in [0.4, 0.5) is 16.2 Å². The molecule has 1 fully saturated rings. The topological polar surface area (TPSA) is 120 Å². The molecule has 4 rings (SSSR count). The fourth-order valence-corrected chi connectivity index (χ4v) is 3.08. The van der Waals surface area contributed by atoms with E-state index in [1.807, 2.05) is 0 Å². The molecule has 0 radical (unpaired) electrons. The van der Waals surface area contributed by atoms with Crippen molar-refractivity contribution in [3.8, 4) is 11.4 Å². The van der Waals surface area contributed by atoms with Crippen molar-refractivity contribution in [2.75, 3.05) is 23.3 Å². The van der Waals surface area contributed by atoms with Crippen LogP contribution < -0.4 is 21.3 Å². The average molecular weight is 400 g/mol. The van der Waals surface area contributed by atoms with Gasteiger partial charge in [0.05, 0.1) is 10.7 Å². The van der Waals surface area contributed by atoms with Crippen LogP contribution in [0.5, 0.6) is 0 Å². The predicted octanol–water partition coefficient (Wildman–Crippen LogP) is 2.47. The van der Waals surface area contributed by atoms with E-state index in [9.17, 15) is 14.4 Å². The SMILES string of the molecule is O=C(Nc1cccc(-c2noc(=O)[nH]2)c1)c1ccc(Cl)c(N2CCNC2=O)c1. The Morgan fingerprint density at radius 1 is 1.21 bits per heavy atom. The van der Waals surface area contributed by atoms with E-state index in [2.05, 4.69) is 25.3 Å². The quantitative estimate of drug-likeness (QED) is 0.622. The van der Waals surface area contributed by atoms with E-state index in [1.165, 1.54) is 4.90 Å². The maximum Gasteiger partial charge on any atom is 0.439 e. The van der Waals surface area contributed by atoms with Crippen LogP contribution in [0.15, 0.2) is 51.8 Å². The lowest BCUT2D eigenvalue weighted by atomic mass is 10.1. The van der Waals surface area contributed by atoms with Crippen LogP contribution in [0, 0.1) is 0 Å². The summed E-state index contributed by atoms with van der Waals surface area (Å²) in [7, 11) is 0. The van der Waals surface area contributed by atoms with Gasteiger partial charge in [-0.15, -0.1) is 0 Å². The van der Waals surface area contributed by atoms with Gasteiger partial charge in [-0.25, -0.2) is 9.59 Å². The van der Waals surface area contributed by atoms with Gasteiger partial charge in [-0.05, 0) is 30.3 Å². The lowest BCUT2D eigenvalue weighted by Gasteiger charge is -2.17. The minimum absolute atomic E-state index is 0.256. The first-order chi connectivity index (χ1) is 13.5. The van der Waals surface area contributed by atoms with Gasteiger partial charge in [0.25, 0.3) is 5.91 Å². The number of halogens is 1. The maximum absolute atomic E-state index is 12.7. The number of hydrogen-bond acceptors (Lipinski definition) is 5. The number of nitrogens with zero attached hydrogens (tertiary/aromatic N) is 2. The Hall–Kier alpha value is -3.59. The average Bonchev–Trinajstić information content (AvgIpc) is 3.30. The maximum atomic E-state index is 12.7. The number of aromatic nitrogens is 2. The molecule has 0 bridgehead atoms. The molecule has 9 nitrogen and oxygen atoms in total. The number of benzene rings is 2. The Kier molecular flexibility index (Phi) is 4.58. The molecule has 0 spiro atoms. The van der Waals surface area contributed by atoms with Crippen molar-refractivity contribution in [2.24, 2.45) is 0 Å². The largest absolute Gasteiger partial charge is 0.439 e. The molecule has 0 unspecified atom stereocenters. The first-order valence-corrected chi connectivity index (χ1v) is 8.72. The third-order valence-electron chi connectivity index (χ3n) is 4.19. The third kappa shape index (κ3) is 3.47. The van der Waals surface area contributed by atoms with Crippen LogP contribution >= 0.6 is 11.6 Å². The van der Waals surface area contributed by atoms with Crippen molar-refractivity contribution < 1.29 is 14.1 Å². The summed E-state index contributed by atoms with van der Waals surface area (Å²) in [5.74, 6) is -0.776. The smallest absolute Gasteiger partial charge is 0.336 e. The van der Waals surface area contributed by atoms with Gasteiger partial charge in [0.2, 0.25) is 0 Å². The minimum atomic E-state index is -0.663. The van der Waals surface area contributed by atoms with Crippen LogP contribution in [0.2, 0.25) is 5.02 Å². The molecule has 28 heavy (non-hydrogen) atoms. The second-order valence-electron chi connectivity index (χ2n) is 6.03. The van der Waals surface area contributed by atoms with Crippen molar-refractivity contribution >= 4 is 34.9 Å². The summed E-state index contributed by atoms with van der Waals surface area (Å²) < 4.78 is 4.49. The summed E-state index contributed by atoms with van der Waals surface area (Å²) in [4.78, 5) is 39.6. The summed E-state index contributed by atoms with van der Waals surface area (Å²) in [5.41, 5.74) is 1.90. The van der Waals surface area contributed by atoms with Crippen molar-refractivity contribution in [3.63, 3.8) is 0 Å². The van der Waals surface area contributed by atoms with Gasteiger partial charge in [-0.1, -0.05) is 28.9 Å². The van der Waals surface area contributed by atoms with Gasteiger partial charge in [0.15, 0.2) is 5.82 Å². The van der Waals surface area contributed by atoms with Crippen LogP contribution in [0.1, 0.15) is 10.4 Å². The van der Waals surface area contributed by atoms with Gasteiger partial charge in [0.1, 0.15) is 0 Å². The first kappa shape index (κ1) is 17.8. The number of urea groups is 1.